The Bertz CT molecular complexity index is 1090. The summed E-state index contributed by atoms with van der Waals surface area (Å²) >= 11 is 7.18. The Hall–Kier alpha value is -3.29. The number of carbonyl (C=O) groups is 2. The highest BCUT2D eigenvalue weighted by atomic mass is 35.5. The molecule has 32 heavy (non-hydrogen) atoms. The number of carbonyl (C=O) groups excluding carboxylic acids is 2. The lowest BCUT2D eigenvalue weighted by molar-refractivity contribution is -0.137. The number of benzene rings is 1. The zero-order valence-corrected chi connectivity index (χ0v) is 19.8. The molecule has 0 spiro atoms. The van der Waals surface area contributed by atoms with Gasteiger partial charge >= 0.3 is 5.97 Å². The van der Waals surface area contributed by atoms with Gasteiger partial charge in [-0.2, -0.15) is 5.26 Å². The molecule has 2 rings (SSSR count). The van der Waals surface area contributed by atoms with Crippen molar-refractivity contribution in [2.24, 2.45) is 10.2 Å². The summed E-state index contributed by atoms with van der Waals surface area (Å²) in [5.41, 5.74) is 1.72. The summed E-state index contributed by atoms with van der Waals surface area (Å²) in [7, 11) is 0. The number of nitrogens with one attached hydrogen (secondary N) is 1. The third kappa shape index (κ3) is 6.60. The number of nitriles is 1. The maximum atomic E-state index is 11.8. The minimum absolute atomic E-state index is 0.0833. The lowest BCUT2D eigenvalue weighted by atomic mass is 10.2. The molecule has 1 heterocycles. The van der Waals surface area contributed by atoms with Gasteiger partial charge in [-0.3, -0.25) is 4.79 Å². The molecule has 1 amide bonds. The number of azo groups is 1. The van der Waals surface area contributed by atoms with Crippen LogP contribution in [-0.4, -0.2) is 36.6 Å². The van der Waals surface area contributed by atoms with Crippen LogP contribution in [0, 0.1) is 11.3 Å². The second kappa shape index (κ2) is 11.9. The van der Waals surface area contributed by atoms with Gasteiger partial charge < -0.3 is 15.0 Å². The van der Waals surface area contributed by atoms with Crippen LogP contribution < -0.4 is 10.2 Å². The minimum Gasteiger partial charge on any atom is -0.462 e. The van der Waals surface area contributed by atoms with Crippen molar-refractivity contribution in [2.45, 2.75) is 27.7 Å². The first-order chi connectivity index (χ1) is 15.3. The lowest BCUT2D eigenvalue weighted by Crippen LogP contribution is -2.21. The smallest absolute Gasteiger partial charge is 0.348 e. The number of hydrogen-bond donors (Lipinski definition) is 1. The number of rotatable bonds is 9. The molecule has 0 aliphatic rings. The van der Waals surface area contributed by atoms with Crippen LogP contribution in [0.4, 0.5) is 22.2 Å². The van der Waals surface area contributed by atoms with Gasteiger partial charge in [0.1, 0.15) is 22.5 Å². The van der Waals surface area contributed by atoms with E-state index in [1.54, 1.807) is 19.1 Å². The summed E-state index contributed by atoms with van der Waals surface area (Å²) in [4.78, 5) is 30.1. The predicted octanol–water partition coefficient (Wildman–Crippen LogP) is 5.49. The Kier molecular flexibility index (Phi) is 9.31. The van der Waals surface area contributed by atoms with Crippen LogP contribution in [-0.2, 0) is 14.3 Å². The van der Waals surface area contributed by atoms with Gasteiger partial charge in [0.25, 0.3) is 0 Å². The van der Waals surface area contributed by atoms with Crippen molar-refractivity contribution in [3.05, 3.63) is 33.8 Å². The van der Waals surface area contributed by atoms with Crippen LogP contribution in [0.2, 0.25) is 5.15 Å². The summed E-state index contributed by atoms with van der Waals surface area (Å²) in [5, 5.41) is 20.6. The lowest BCUT2D eigenvalue weighted by Gasteiger charge is -2.22. The van der Waals surface area contributed by atoms with Crippen molar-refractivity contribution in [3.8, 4) is 6.07 Å². The molecule has 0 radical (unpaired) electrons. The maximum absolute atomic E-state index is 11.8. The van der Waals surface area contributed by atoms with Crippen molar-refractivity contribution in [1.29, 1.82) is 5.26 Å². The van der Waals surface area contributed by atoms with E-state index in [0.29, 0.717) is 16.3 Å². The number of hydrogen-bond acceptors (Lipinski definition) is 9. The molecule has 1 aromatic heterocycles. The average molecular weight is 475 g/mol. The average Bonchev–Trinajstić information content (AvgIpc) is 3.11. The number of esters is 1. The summed E-state index contributed by atoms with van der Waals surface area (Å²) in [6.07, 6.45) is 1.30. The van der Waals surface area contributed by atoms with Crippen molar-refractivity contribution in [1.82, 2.24) is 4.98 Å². The molecule has 1 N–H and O–H groups in total. The summed E-state index contributed by atoms with van der Waals surface area (Å²) in [6.45, 7) is 8.95. The van der Waals surface area contributed by atoms with Gasteiger partial charge in [-0.05, 0) is 45.0 Å². The molecule has 1 aromatic carbocycles. The molecule has 0 aliphatic carbocycles. The van der Waals surface area contributed by atoms with Crippen molar-refractivity contribution >= 4 is 63.1 Å². The van der Waals surface area contributed by atoms with Crippen LogP contribution in [0.25, 0.3) is 6.08 Å². The van der Waals surface area contributed by atoms with Crippen LogP contribution in [0.1, 0.15) is 32.6 Å². The third-order valence-corrected chi connectivity index (χ3v) is 5.44. The first-order valence-corrected chi connectivity index (χ1v) is 11.1. The molecule has 0 aliphatic heterocycles. The quantitative estimate of drug-likeness (QED) is 0.222. The monoisotopic (exact) mass is 474 g/mol. The minimum atomic E-state index is -0.740. The highest BCUT2D eigenvalue weighted by Gasteiger charge is 2.14. The van der Waals surface area contributed by atoms with Gasteiger partial charge in [0, 0.05) is 25.7 Å². The number of ether oxygens (including phenoxy) is 1. The fourth-order valence-corrected chi connectivity index (χ4v) is 3.72. The van der Waals surface area contributed by atoms with E-state index < -0.39 is 5.97 Å². The van der Waals surface area contributed by atoms with E-state index in [1.165, 1.54) is 13.0 Å². The summed E-state index contributed by atoms with van der Waals surface area (Å²) in [6, 6.07) is 7.28. The Morgan fingerprint density at radius 1 is 1.31 bits per heavy atom. The number of anilines is 2. The molecular weight excluding hydrogens is 452 g/mol. The van der Waals surface area contributed by atoms with Crippen molar-refractivity contribution in [3.63, 3.8) is 0 Å². The van der Waals surface area contributed by atoms with Crippen molar-refractivity contribution in [2.75, 3.05) is 29.9 Å². The van der Waals surface area contributed by atoms with E-state index in [9.17, 15) is 14.9 Å². The number of thiazole rings is 1. The van der Waals surface area contributed by atoms with Crippen LogP contribution in [0.15, 0.2) is 34.0 Å². The van der Waals surface area contributed by atoms with Gasteiger partial charge in [-0.25, -0.2) is 9.78 Å². The fourth-order valence-electron chi connectivity index (χ4n) is 2.69. The first-order valence-electron chi connectivity index (χ1n) is 9.86. The van der Waals surface area contributed by atoms with E-state index in [1.807, 2.05) is 26.0 Å². The van der Waals surface area contributed by atoms with Gasteiger partial charge in [0.15, 0.2) is 0 Å². The Morgan fingerprint density at radius 2 is 2.03 bits per heavy atom. The second-order valence-electron chi connectivity index (χ2n) is 6.30. The standard InChI is InChI=1S/C21H23ClN6O3S/c1-5-28(6-2)15-8-9-16(17(11-15)24-13(4)29)26-27-21-25-19(22)18(32-21)10-14(12-23)20(30)31-7-3/h8-11H,5-7H2,1-4H3,(H,24,29)/b14-10+,27-26?. The molecule has 9 nitrogen and oxygen atoms in total. The van der Waals surface area contributed by atoms with Gasteiger partial charge in [-0.15, -0.1) is 10.2 Å². The predicted molar refractivity (Wildman–Crippen MR) is 126 cm³/mol. The molecule has 2 aromatic rings. The molecule has 0 fully saturated rings. The maximum Gasteiger partial charge on any atom is 0.348 e. The van der Waals surface area contributed by atoms with Crippen LogP contribution in [0.5, 0.6) is 0 Å². The van der Waals surface area contributed by atoms with E-state index in [2.05, 4.69) is 25.4 Å². The molecule has 11 heteroatoms. The molecule has 0 atom stereocenters. The van der Waals surface area contributed by atoms with E-state index in [4.69, 9.17) is 16.3 Å². The molecule has 0 unspecified atom stereocenters. The van der Waals surface area contributed by atoms with Gasteiger partial charge in [0.2, 0.25) is 11.0 Å². The number of nitrogens with zero attached hydrogens (tertiary/aromatic N) is 5. The van der Waals surface area contributed by atoms with Crippen LogP contribution in [0.3, 0.4) is 0 Å². The SMILES string of the molecule is CCOC(=O)/C(C#N)=C/c1sc(N=Nc2ccc(N(CC)CC)cc2NC(C)=O)nc1Cl. The molecule has 0 saturated carbocycles. The fraction of sp³-hybridized carbons (Fsp3) is 0.333. The Labute approximate surface area is 195 Å². The Morgan fingerprint density at radius 3 is 2.62 bits per heavy atom. The molecule has 0 saturated heterocycles. The number of halogens is 1. The molecular formula is C21H23ClN6O3S. The zero-order chi connectivity index (χ0) is 23.7. The summed E-state index contributed by atoms with van der Waals surface area (Å²) in [5.74, 6) is -0.971. The normalized spacial score (nSPS) is 11.3. The van der Waals surface area contributed by atoms with Gasteiger partial charge in [0.05, 0.1) is 17.2 Å². The summed E-state index contributed by atoms with van der Waals surface area (Å²) < 4.78 is 4.84. The molecule has 0 bridgehead atoms. The van der Waals surface area contributed by atoms with Gasteiger partial charge in [-0.1, -0.05) is 22.9 Å². The van der Waals surface area contributed by atoms with E-state index >= 15 is 0 Å². The number of aromatic nitrogens is 1. The Balaban J connectivity index is 2.35. The van der Waals surface area contributed by atoms with E-state index in [0.717, 1.165) is 30.1 Å². The van der Waals surface area contributed by atoms with Crippen molar-refractivity contribution < 1.29 is 14.3 Å². The van der Waals surface area contributed by atoms with Crippen LogP contribution >= 0.6 is 22.9 Å². The highest BCUT2D eigenvalue weighted by Crippen LogP contribution is 2.35. The van der Waals surface area contributed by atoms with E-state index in [-0.39, 0.29) is 28.4 Å². The number of amides is 1. The zero-order valence-electron chi connectivity index (χ0n) is 18.2. The second-order valence-corrected chi connectivity index (χ2v) is 7.66. The third-order valence-electron chi connectivity index (χ3n) is 4.15. The molecule has 168 valence electrons. The topological polar surface area (TPSA) is 120 Å². The first kappa shape index (κ1) is 25.0. The largest absolute Gasteiger partial charge is 0.462 e. The highest BCUT2D eigenvalue weighted by molar-refractivity contribution is 7.16.